The molecule has 0 spiro atoms. The van der Waals surface area contributed by atoms with Gasteiger partial charge >= 0.3 is 12.1 Å². The van der Waals surface area contributed by atoms with Crippen molar-refractivity contribution in [3.8, 4) is 0 Å². The van der Waals surface area contributed by atoms with E-state index in [0.29, 0.717) is 50.6 Å². The molecule has 18 nitrogen and oxygen atoms in total. The molecule has 0 bridgehead atoms. The molecule has 4 aromatic rings. The molecule has 0 radical (unpaired) electrons. The normalized spacial score (nSPS) is 11.7. The third-order valence-electron chi connectivity index (χ3n) is 9.00. The van der Waals surface area contributed by atoms with Gasteiger partial charge in [-0.25, -0.2) is 9.59 Å². The summed E-state index contributed by atoms with van der Waals surface area (Å²) in [5.74, 6) is 0. The van der Waals surface area contributed by atoms with Crippen LogP contribution in [0.1, 0.15) is 39.5 Å². The van der Waals surface area contributed by atoms with E-state index in [0.717, 1.165) is 50.1 Å². The summed E-state index contributed by atoms with van der Waals surface area (Å²) in [6.07, 6.45) is 3.45. The highest BCUT2D eigenvalue weighted by Crippen LogP contribution is 2.25. The number of hydrogen-bond donors (Lipinski definition) is 6. The number of azo groups is 2. The van der Waals surface area contributed by atoms with Crippen LogP contribution >= 0.6 is 0 Å². The van der Waals surface area contributed by atoms with Crippen LogP contribution in [-0.4, -0.2) is 90.4 Å². The van der Waals surface area contributed by atoms with Crippen LogP contribution in [0.5, 0.6) is 0 Å². The number of likely N-dealkylation sites (N-methyl/N-ethyl adjacent to an activating group) is 2. The molecule has 0 aliphatic heterocycles. The fourth-order valence-electron chi connectivity index (χ4n) is 5.78. The zero-order chi connectivity index (χ0) is 43.4. The molecule has 0 atom stereocenters. The molecule has 0 saturated carbocycles. The highest BCUT2D eigenvalue weighted by molar-refractivity contribution is 7.86. The molecule has 20 heteroatoms. The number of carbonyl (C=O) groups excluding carboxylic acids is 2. The number of hydrogen-bond acceptors (Lipinski definition) is 12. The molecule has 4 aromatic carbocycles. The molecule has 6 N–H and O–H groups in total. The summed E-state index contributed by atoms with van der Waals surface area (Å²) in [5.41, 5.74) is 3.59. The lowest BCUT2D eigenvalue weighted by molar-refractivity contribution is 0.239. The second kappa shape index (κ2) is 23.6. The van der Waals surface area contributed by atoms with Gasteiger partial charge in [0.25, 0.3) is 20.2 Å². The van der Waals surface area contributed by atoms with Crippen LogP contribution in [0, 0.1) is 0 Å². The molecular weight excluding hydrogens is 813 g/mol. The van der Waals surface area contributed by atoms with Crippen LogP contribution in [0.3, 0.4) is 0 Å². The summed E-state index contributed by atoms with van der Waals surface area (Å²) in [6.45, 7) is 8.64. The van der Waals surface area contributed by atoms with E-state index in [4.69, 9.17) is 0 Å². The van der Waals surface area contributed by atoms with Crippen LogP contribution in [0.15, 0.2) is 127 Å². The first-order valence-electron chi connectivity index (χ1n) is 19.5. The highest BCUT2D eigenvalue weighted by Gasteiger charge is 2.12. The maximum Gasteiger partial charge on any atom is 0.314 e. The Labute approximate surface area is 351 Å². The number of unbranched alkanes of at least 4 members (excludes halogenated alkanes) is 3. The van der Waals surface area contributed by atoms with Gasteiger partial charge in [-0.15, -0.1) is 0 Å². The third kappa shape index (κ3) is 16.4. The maximum absolute atomic E-state index is 12.3. The van der Waals surface area contributed by atoms with Crippen molar-refractivity contribution in [1.82, 2.24) is 21.3 Å². The molecule has 0 aliphatic carbocycles. The average molecular weight is 865 g/mol. The minimum Gasteiger partial charge on any atom is -0.370 e. The van der Waals surface area contributed by atoms with Crippen LogP contribution in [0.4, 0.5) is 43.7 Å². The number of nitrogens with zero attached hydrogens (tertiary/aromatic N) is 6. The fraction of sp³-hybridized carbons (Fsp3) is 0.350. The van der Waals surface area contributed by atoms with E-state index in [1.54, 1.807) is 36.4 Å². The summed E-state index contributed by atoms with van der Waals surface area (Å²) in [6, 6.07) is 25.3. The molecule has 0 heterocycles. The minimum absolute atomic E-state index is 0.233. The fourth-order valence-corrected chi connectivity index (χ4v) is 6.82. The van der Waals surface area contributed by atoms with Gasteiger partial charge in [-0.3, -0.25) is 9.11 Å². The summed E-state index contributed by atoms with van der Waals surface area (Å²) in [7, 11) is -8.66. The van der Waals surface area contributed by atoms with Crippen molar-refractivity contribution in [3.05, 3.63) is 97.1 Å². The highest BCUT2D eigenvalue weighted by atomic mass is 32.2. The Balaban J connectivity index is 1.02. The van der Waals surface area contributed by atoms with E-state index < -0.39 is 20.2 Å². The summed E-state index contributed by atoms with van der Waals surface area (Å²) < 4.78 is 63.9. The molecule has 0 saturated heterocycles. The quantitative estimate of drug-likeness (QED) is 0.0243. The molecule has 0 aliphatic rings. The maximum atomic E-state index is 12.3. The van der Waals surface area contributed by atoms with E-state index in [1.807, 2.05) is 38.1 Å². The van der Waals surface area contributed by atoms with Crippen LogP contribution < -0.4 is 31.1 Å². The van der Waals surface area contributed by atoms with Crippen LogP contribution in [0.25, 0.3) is 0 Å². The Morgan fingerprint density at radius 3 is 1.20 bits per heavy atom. The Morgan fingerprint density at radius 2 is 0.850 bits per heavy atom. The Morgan fingerprint density at radius 1 is 0.500 bits per heavy atom. The SMILES string of the molecule is CCN(CCNC(=O)NCCCCCCNC(=O)NCCN(CC)c1ccc(N=Nc2cccc(S(=O)(=O)O)c2)cc1)c1ccc(N=Nc2cccc(S(=O)(=O)O)c2)cc1. The lowest BCUT2D eigenvalue weighted by Gasteiger charge is -2.23. The molecule has 60 heavy (non-hydrogen) atoms. The van der Waals surface area contributed by atoms with Crippen molar-refractivity contribution < 1.29 is 35.5 Å². The molecule has 0 unspecified atom stereocenters. The zero-order valence-corrected chi connectivity index (χ0v) is 35.2. The third-order valence-corrected chi connectivity index (χ3v) is 10.7. The van der Waals surface area contributed by atoms with Crippen molar-refractivity contribution in [2.45, 2.75) is 49.3 Å². The second-order valence-electron chi connectivity index (χ2n) is 13.3. The number of nitrogens with one attached hydrogen (secondary N) is 4. The van der Waals surface area contributed by atoms with Crippen LogP contribution in [0.2, 0.25) is 0 Å². The number of benzene rings is 4. The van der Waals surface area contributed by atoms with Crippen molar-refractivity contribution in [2.75, 3.05) is 62.2 Å². The van der Waals surface area contributed by atoms with E-state index in [9.17, 15) is 35.5 Å². The topological polar surface area (TPSA) is 247 Å². The number of urea groups is 2. The zero-order valence-electron chi connectivity index (χ0n) is 33.6. The smallest absolute Gasteiger partial charge is 0.314 e. The first-order chi connectivity index (χ1) is 28.7. The molecule has 4 rings (SSSR count). The Hall–Kier alpha value is -5.96. The van der Waals surface area contributed by atoms with Crippen molar-refractivity contribution in [2.24, 2.45) is 20.5 Å². The monoisotopic (exact) mass is 864 g/mol. The van der Waals surface area contributed by atoms with Gasteiger partial charge in [-0.2, -0.15) is 37.3 Å². The minimum atomic E-state index is -4.33. The number of amides is 4. The van der Waals surface area contributed by atoms with Crippen molar-refractivity contribution in [3.63, 3.8) is 0 Å². The molecular formula is C40H52N10O8S2. The molecule has 0 fully saturated rings. The first-order valence-corrected chi connectivity index (χ1v) is 22.3. The Kier molecular flexibility index (Phi) is 18.4. The van der Waals surface area contributed by atoms with Gasteiger partial charge in [0.2, 0.25) is 0 Å². The van der Waals surface area contributed by atoms with E-state index >= 15 is 0 Å². The van der Waals surface area contributed by atoms with Gasteiger partial charge < -0.3 is 31.1 Å². The summed E-state index contributed by atoms with van der Waals surface area (Å²) >= 11 is 0. The molecule has 4 amide bonds. The second-order valence-corrected chi connectivity index (χ2v) is 16.2. The summed E-state index contributed by atoms with van der Waals surface area (Å²) in [5, 5.41) is 27.9. The van der Waals surface area contributed by atoms with E-state index in [-0.39, 0.29) is 33.2 Å². The standard InChI is InChI=1S/C40H52N10O8S2/c1-3-49(35-19-15-31(16-20-35)45-47-33-11-9-13-37(29-33)59(53,54)55)27-25-43-39(51)41-23-7-5-6-8-24-42-40(52)44-26-28-50(4-2)36-21-17-32(18-22-36)46-48-34-12-10-14-38(30-34)60(56,57)58/h9-22,29-30H,3-8,23-28H2,1-2H3,(H2,41,43,51)(H2,42,44,52)(H,53,54,55)(H,56,57,58). The average Bonchev–Trinajstić information content (AvgIpc) is 3.23. The van der Waals surface area contributed by atoms with Crippen LogP contribution in [-0.2, 0) is 20.2 Å². The van der Waals surface area contributed by atoms with Crippen molar-refractivity contribution >= 4 is 66.4 Å². The van der Waals surface area contributed by atoms with E-state index in [1.165, 1.54) is 36.4 Å². The van der Waals surface area contributed by atoms with Gasteiger partial charge in [0.05, 0.1) is 32.5 Å². The van der Waals surface area contributed by atoms with Gasteiger partial charge in [0.1, 0.15) is 0 Å². The van der Waals surface area contributed by atoms with Gasteiger partial charge in [0, 0.05) is 63.7 Å². The predicted molar refractivity (Wildman–Crippen MR) is 231 cm³/mol. The van der Waals surface area contributed by atoms with Gasteiger partial charge in [-0.05, 0) is 112 Å². The largest absolute Gasteiger partial charge is 0.370 e. The number of rotatable bonds is 23. The number of anilines is 2. The van der Waals surface area contributed by atoms with Crippen molar-refractivity contribution in [1.29, 1.82) is 0 Å². The first kappa shape index (κ1) is 46.7. The van der Waals surface area contributed by atoms with Gasteiger partial charge in [0.15, 0.2) is 0 Å². The van der Waals surface area contributed by atoms with E-state index in [2.05, 4.69) is 51.5 Å². The molecule has 322 valence electrons. The lowest BCUT2D eigenvalue weighted by Crippen LogP contribution is -2.41. The Bertz CT molecular complexity index is 2110. The number of carbonyl (C=O) groups is 2. The van der Waals surface area contributed by atoms with Gasteiger partial charge in [-0.1, -0.05) is 25.0 Å². The summed E-state index contributed by atoms with van der Waals surface area (Å²) in [4.78, 5) is 28.3. The predicted octanol–water partition coefficient (Wildman–Crippen LogP) is 7.52. The lowest BCUT2D eigenvalue weighted by atomic mass is 10.2. The molecule has 0 aromatic heterocycles.